The largest absolute Gasteiger partial charge is 0.481 e. The number of carboxylic acid groups (broad SMARTS) is 1. The zero-order valence-electron chi connectivity index (χ0n) is 22.1. The van der Waals surface area contributed by atoms with Gasteiger partial charge in [0.05, 0.1) is 23.9 Å². The first kappa shape index (κ1) is 28.6. The molecule has 3 fully saturated rings. The Bertz CT molecular complexity index is 975. The summed E-state index contributed by atoms with van der Waals surface area (Å²) < 4.78 is 56.3. The highest BCUT2D eigenvalue weighted by atomic mass is 19.4. The number of hydrogen-bond donors (Lipinski definition) is 1. The zero-order chi connectivity index (χ0) is 27.4. The minimum Gasteiger partial charge on any atom is -0.481 e. The minimum atomic E-state index is -4.59. The summed E-state index contributed by atoms with van der Waals surface area (Å²) in [7, 11) is 0. The van der Waals surface area contributed by atoms with Crippen LogP contribution in [-0.4, -0.2) is 72.1 Å². The van der Waals surface area contributed by atoms with Crippen LogP contribution in [0.3, 0.4) is 0 Å². The quantitative estimate of drug-likeness (QED) is 0.439. The van der Waals surface area contributed by atoms with Gasteiger partial charge in [-0.05, 0) is 57.7 Å². The van der Waals surface area contributed by atoms with E-state index in [1.165, 1.54) is 30.2 Å². The predicted octanol–water partition coefficient (Wildman–Crippen LogP) is 5.52. The van der Waals surface area contributed by atoms with E-state index in [4.69, 9.17) is 0 Å². The average molecular weight is 542 g/mol. The minimum absolute atomic E-state index is 0.0933. The molecule has 212 valence electrons. The second-order valence-corrected chi connectivity index (χ2v) is 11.0. The molecule has 2 heterocycles. The Kier molecular flexibility index (Phi) is 9.21. The van der Waals surface area contributed by atoms with Crippen LogP contribution in [0.1, 0.15) is 75.6 Å². The van der Waals surface area contributed by atoms with Crippen LogP contribution in [0, 0.1) is 11.8 Å². The topological polar surface area (TPSA) is 64.1 Å². The van der Waals surface area contributed by atoms with E-state index in [1.807, 2.05) is 0 Å². The van der Waals surface area contributed by atoms with Gasteiger partial charge in [-0.3, -0.25) is 14.5 Å². The smallest absolute Gasteiger partial charge is 0.416 e. The van der Waals surface area contributed by atoms with Crippen molar-refractivity contribution >= 4 is 17.6 Å². The molecule has 1 aromatic rings. The molecular weight excluding hydrogens is 502 g/mol. The lowest BCUT2D eigenvalue weighted by molar-refractivity contribution is -0.142. The molecule has 0 aromatic heterocycles. The van der Waals surface area contributed by atoms with Crippen LogP contribution in [0.15, 0.2) is 18.2 Å². The molecule has 2 saturated heterocycles. The number of amides is 1. The third-order valence-corrected chi connectivity index (χ3v) is 8.61. The SMILES string of the molecule is CCN(CC(F)c1ccc(C(F)(F)F)cc1N1CCC(C(=O)O)CC1)C(=O)C1CCN(C2CCCCC2)C1. The van der Waals surface area contributed by atoms with Crippen LogP contribution in [0.4, 0.5) is 23.2 Å². The normalized spacial score (nSPS) is 23.0. The number of piperidine rings is 1. The summed E-state index contributed by atoms with van der Waals surface area (Å²) in [5, 5.41) is 9.28. The van der Waals surface area contributed by atoms with Gasteiger partial charge in [0.15, 0.2) is 0 Å². The van der Waals surface area contributed by atoms with Gasteiger partial charge in [0.2, 0.25) is 5.91 Å². The molecule has 1 aromatic carbocycles. The van der Waals surface area contributed by atoms with E-state index in [1.54, 1.807) is 11.8 Å². The van der Waals surface area contributed by atoms with E-state index >= 15 is 4.39 Å². The number of likely N-dealkylation sites (tertiary alicyclic amines) is 1. The van der Waals surface area contributed by atoms with Crippen LogP contribution in [0.5, 0.6) is 0 Å². The van der Waals surface area contributed by atoms with E-state index < -0.39 is 29.8 Å². The molecule has 0 bridgehead atoms. The maximum atomic E-state index is 15.8. The van der Waals surface area contributed by atoms with Crippen LogP contribution in [-0.2, 0) is 15.8 Å². The van der Waals surface area contributed by atoms with Crippen molar-refractivity contribution in [3.05, 3.63) is 29.3 Å². The Morgan fingerprint density at radius 3 is 2.29 bits per heavy atom. The zero-order valence-corrected chi connectivity index (χ0v) is 22.1. The lowest BCUT2D eigenvalue weighted by Crippen LogP contribution is -2.41. The first-order chi connectivity index (χ1) is 18.1. The van der Waals surface area contributed by atoms with Crippen molar-refractivity contribution in [2.45, 2.75) is 76.7 Å². The van der Waals surface area contributed by atoms with Gasteiger partial charge < -0.3 is 14.9 Å². The second-order valence-electron chi connectivity index (χ2n) is 11.0. The number of carbonyl (C=O) groups is 2. The fourth-order valence-electron chi connectivity index (χ4n) is 6.32. The number of rotatable bonds is 8. The summed E-state index contributed by atoms with van der Waals surface area (Å²) in [5.74, 6) is -1.77. The number of carboxylic acids is 1. The molecule has 2 atom stereocenters. The van der Waals surface area contributed by atoms with Gasteiger partial charge in [-0.25, -0.2) is 4.39 Å². The Morgan fingerprint density at radius 2 is 1.68 bits per heavy atom. The van der Waals surface area contributed by atoms with Crippen molar-refractivity contribution in [2.24, 2.45) is 11.8 Å². The Morgan fingerprint density at radius 1 is 1.03 bits per heavy atom. The van der Waals surface area contributed by atoms with Crippen molar-refractivity contribution < 1.29 is 32.3 Å². The van der Waals surface area contributed by atoms with E-state index in [0.717, 1.165) is 37.9 Å². The highest BCUT2D eigenvalue weighted by molar-refractivity contribution is 5.79. The molecule has 10 heteroatoms. The Labute approximate surface area is 222 Å². The molecular formula is C28H39F4N3O3. The molecule has 1 saturated carbocycles. The predicted molar refractivity (Wildman–Crippen MR) is 137 cm³/mol. The summed E-state index contributed by atoms with van der Waals surface area (Å²) in [4.78, 5) is 30.2. The van der Waals surface area contributed by atoms with E-state index in [0.29, 0.717) is 19.1 Å². The number of aliphatic carboxylic acids is 1. The fourth-order valence-corrected chi connectivity index (χ4v) is 6.32. The van der Waals surface area contributed by atoms with E-state index in [2.05, 4.69) is 4.90 Å². The molecule has 6 nitrogen and oxygen atoms in total. The number of alkyl halides is 4. The number of halogens is 4. The third kappa shape index (κ3) is 6.61. The lowest BCUT2D eigenvalue weighted by atomic mass is 9.94. The first-order valence-corrected chi connectivity index (χ1v) is 13.9. The molecule has 0 spiro atoms. The number of likely N-dealkylation sites (N-methyl/N-ethyl adjacent to an activating group) is 1. The van der Waals surface area contributed by atoms with Crippen molar-refractivity contribution in [3.63, 3.8) is 0 Å². The van der Waals surface area contributed by atoms with Crippen molar-refractivity contribution in [2.75, 3.05) is 44.2 Å². The van der Waals surface area contributed by atoms with Gasteiger partial charge in [0.1, 0.15) is 6.17 Å². The molecule has 38 heavy (non-hydrogen) atoms. The summed E-state index contributed by atoms with van der Waals surface area (Å²) in [6.07, 6.45) is 1.06. The van der Waals surface area contributed by atoms with E-state index in [-0.39, 0.29) is 55.6 Å². The van der Waals surface area contributed by atoms with Gasteiger partial charge in [-0.2, -0.15) is 13.2 Å². The van der Waals surface area contributed by atoms with Gasteiger partial charge in [0.25, 0.3) is 0 Å². The lowest BCUT2D eigenvalue weighted by Gasteiger charge is -2.35. The molecule has 4 rings (SSSR count). The summed E-state index contributed by atoms with van der Waals surface area (Å²) >= 11 is 0. The summed E-state index contributed by atoms with van der Waals surface area (Å²) in [6.45, 7) is 3.90. The number of anilines is 1. The van der Waals surface area contributed by atoms with E-state index in [9.17, 15) is 27.9 Å². The van der Waals surface area contributed by atoms with Crippen LogP contribution in [0.25, 0.3) is 0 Å². The summed E-state index contributed by atoms with van der Waals surface area (Å²) in [6, 6.07) is 3.53. The van der Waals surface area contributed by atoms with Gasteiger partial charge in [0, 0.05) is 43.5 Å². The maximum absolute atomic E-state index is 15.8. The van der Waals surface area contributed by atoms with Crippen LogP contribution >= 0.6 is 0 Å². The molecule has 0 radical (unpaired) electrons. The highest BCUT2D eigenvalue weighted by Crippen LogP contribution is 2.38. The monoisotopic (exact) mass is 541 g/mol. The van der Waals surface area contributed by atoms with Crippen LogP contribution < -0.4 is 4.90 Å². The maximum Gasteiger partial charge on any atom is 0.416 e. The standard InChI is InChI=1S/C28H39F4N3O3/c1-2-33(26(36)20-12-15-35(17-20)22-6-4-3-5-7-22)18-24(29)23-9-8-21(28(30,31)32)16-25(23)34-13-10-19(11-14-34)27(37)38/h8-9,16,19-20,22,24H,2-7,10-15,17-18H2,1H3,(H,37,38). The molecule has 1 amide bonds. The van der Waals surface area contributed by atoms with Crippen molar-refractivity contribution in [3.8, 4) is 0 Å². The van der Waals surface area contributed by atoms with Gasteiger partial charge in [-0.1, -0.05) is 25.3 Å². The summed E-state index contributed by atoms with van der Waals surface area (Å²) in [5.41, 5.74) is -0.640. The average Bonchev–Trinajstić information content (AvgIpc) is 3.41. The van der Waals surface area contributed by atoms with Crippen molar-refractivity contribution in [1.82, 2.24) is 9.80 Å². The second kappa shape index (κ2) is 12.2. The number of nitrogens with zero attached hydrogens (tertiary/aromatic N) is 3. The fraction of sp³-hybridized carbons (Fsp3) is 0.714. The number of hydrogen-bond acceptors (Lipinski definition) is 4. The highest BCUT2D eigenvalue weighted by Gasteiger charge is 2.37. The van der Waals surface area contributed by atoms with Crippen molar-refractivity contribution in [1.29, 1.82) is 0 Å². The van der Waals surface area contributed by atoms with Gasteiger partial charge >= 0.3 is 12.1 Å². The Hall–Kier alpha value is -2.36. The Balaban J connectivity index is 1.47. The first-order valence-electron chi connectivity index (χ1n) is 13.9. The number of benzene rings is 1. The number of carbonyl (C=O) groups excluding carboxylic acids is 1. The van der Waals surface area contributed by atoms with Gasteiger partial charge in [-0.15, -0.1) is 0 Å². The third-order valence-electron chi connectivity index (χ3n) is 8.61. The molecule has 2 aliphatic heterocycles. The molecule has 2 unspecified atom stereocenters. The molecule has 3 aliphatic rings. The molecule has 1 aliphatic carbocycles. The molecule has 1 N–H and O–H groups in total. The van der Waals surface area contributed by atoms with Crippen LogP contribution in [0.2, 0.25) is 0 Å².